The van der Waals surface area contributed by atoms with Crippen molar-refractivity contribution in [2.24, 2.45) is 0 Å². The lowest BCUT2D eigenvalue weighted by Crippen LogP contribution is -2.19. The van der Waals surface area contributed by atoms with Gasteiger partial charge in [0.2, 0.25) is 0 Å². The number of nitrogens with zero attached hydrogens (tertiary/aromatic N) is 2. The number of carbonyl (C=O) groups excluding carboxylic acids is 1. The number of ketones is 1. The van der Waals surface area contributed by atoms with Crippen molar-refractivity contribution < 1.29 is 9.53 Å². The summed E-state index contributed by atoms with van der Waals surface area (Å²) in [6.07, 6.45) is 1.66. The summed E-state index contributed by atoms with van der Waals surface area (Å²) in [5.41, 5.74) is 1.56. The summed E-state index contributed by atoms with van der Waals surface area (Å²) in [5.74, 6) is 0.209. The van der Waals surface area contributed by atoms with Gasteiger partial charge in [0.25, 0.3) is 0 Å². The van der Waals surface area contributed by atoms with Gasteiger partial charge in [-0.25, -0.2) is 0 Å². The fourth-order valence-electron chi connectivity index (χ4n) is 1.76. The van der Waals surface area contributed by atoms with Crippen LogP contribution in [0.1, 0.15) is 16.1 Å². The Labute approximate surface area is 122 Å². The van der Waals surface area contributed by atoms with Crippen molar-refractivity contribution in [3.63, 3.8) is 0 Å². The second kappa shape index (κ2) is 4.92. The van der Waals surface area contributed by atoms with Crippen molar-refractivity contribution in [1.82, 2.24) is 9.59 Å². The number of rotatable bonds is 1. The molecule has 2 aromatic rings. The molecule has 0 saturated carbocycles. The normalized spacial score (nSPS) is 16.3. The molecule has 1 aromatic carbocycles. The number of halogens is 2. The number of hydrogen-bond acceptors (Lipinski definition) is 5. The van der Waals surface area contributed by atoms with Gasteiger partial charge < -0.3 is 4.74 Å². The molecule has 0 bridgehead atoms. The maximum Gasteiger partial charge on any atom is 0.196 e. The Morgan fingerprint density at radius 3 is 2.95 bits per heavy atom. The van der Waals surface area contributed by atoms with E-state index in [4.69, 9.17) is 27.9 Å². The lowest BCUT2D eigenvalue weighted by Gasteiger charge is -2.20. The number of aromatic nitrogens is 2. The zero-order valence-electron chi connectivity index (χ0n) is 9.39. The van der Waals surface area contributed by atoms with Crippen LogP contribution in [0.25, 0.3) is 6.08 Å². The van der Waals surface area contributed by atoms with E-state index in [0.717, 1.165) is 0 Å². The molecule has 0 N–H and O–H groups in total. The SMILES string of the molecule is O=C1/C(=C\c2csnn2)COc2c1ccc(Cl)c2Cl. The van der Waals surface area contributed by atoms with Crippen LogP contribution in [0.4, 0.5) is 0 Å². The maximum atomic E-state index is 12.3. The largest absolute Gasteiger partial charge is 0.486 e. The molecule has 0 spiro atoms. The van der Waals surface area contributed by atoms with Gasteiger partial charge in [-0.3, -0.25) is 4.79 Å². The Morgan fingerprint density at radius 2 is 2.21 bits per heavy atom. The zero-order valence-corrected chi connectivity index (χ0v) is 11.7. The molecule has 0 fully saturated rings. The van der Waals surface area contributed by atoms with Crippen LogP contribution in [-0.2, 0) is 0 Å². The summed E-state index contributed by atoms with van der Waals surface area (Å²) in [6, 6.07) is 3.19. The highest BCUT2D eigenvalue weighted by Gasteiger charge is 2.26. The predicted molar refractivity (Wildman–Crippen MR) is 74.2 cm³/mol. The Morgan fingerprint density at radius 1 is 1.37 bits per heavy atom. The van der Waals surface area contributed by atoms with Crippen molar-refractivity contribution in [2.75, 3.05) is 6.61 Å². The van der Waals surface area contributed by atoms with E-state index in [1.54, 1.807) is 23.6 Å². The van der Waals surface area contributed by atoms with E-state index in [2.05, 4.69) is 9.59 Å². The molecule has 19 heavy (non-hydrogen) atoms. The van der Waals surface area contributed by atoms with Crippen molar-refractivity contribution >= 4 is 46.6 Å². The van der Waals surface area contributed by atoms with Gasteiger partial charge in [0.05, 0.1) is 16.3 Å². The van der Waals surface area contributed by atoms with Gasteiger partial charge >= 0.3 is 0 Å². The predicted octanol–water partition coefficient (Wildman–Crippen LogP) is 3.50. The van der Waals surface area contributed by atoms with E-state index < -0.39 is 0 Å². The maximum absolute atomic E-state index is 12.3. The first kappa shape index (κ1) is 12.6. The van der Waals surface area contributed by atoms with Crippen LogP contribution < -0.4 is 4.74 Å². The first-order valence-corrected chi connectivity index (χ1v) is 6.89. The van der Waals surface area contributed by atoms with E-state index in [-0.39, 0.29) is 17.4 Å². The molecular weight excluding hydrogens is 307 g/mol. The highest BCUT2D eigenvalue weighted by molar-refractivity contribution is 7.03. The second-order valence-corrected chi connectivity index (χ2v) is 5.25. The van der Waals surface area contributed by atoms with Crippen molar-refractivity contribution in [3.05, 3.63) is 44.4 Å². The van der Waals surface area contributed by atoms with Crippen LogP contribution in [0.2, 0.25) is 10.0 Å². The van der Waals surface area contributed by atoms with E-state index >= 15 is 0 Å². The van der Waals surface area contributed by atoms with Crippen LogP contribution in [0, 0.1) is 0 Å². The molecule has 4 nitrogen and oxygen atoms in total. The summed E-state index contributed by atoms with van der Waals surface area (Å²) < 4.78 is 9.26. The number of ether oxygens (including phenoxy) is 1. The smallest absolute Gasteiger partial charge is 0.196 e. The Bertz CT molecular complexity index is 683. The number of benzene rings is 1. The molecule has 0 saturated heterocycles. The third kappa shape index (κ3) is 2.25. The molecule has 1 aromatic heterocycles. The molecule has 0 radical (unpaired) electrons. The number of fused-ring (bicyclic) bond motifs is 1. The average molecular weight is 313 g/mol. The third-order valence-corrected chi connectivity index (χ3v) is 3.97. The van der Waals surface area contributed by atoms with Crippen molar-refractivity contribution in [1.29, 1.82) is 0 Å². The average Bonchev–Trinajstić information content (AvgIpc) is 2.90. The molecule has 7 heteroatoms. The second-order valence-electron chi connectivity index (χ2n) is 3.86. The number of carbonyl (C=O) groups is 1. The highest BCUT2D eigenvalue weighted by atomic mass is 35.5. The monoisotopic (exact) mass is 312 g/mol. The summed E-state index contributed by atoms with van der Waals surface area (Å²) in [6.45, 7) is 0.142. The van der Waals surface area contributed by atoms with Gasteiger partial charge in [-0.1, -0.05) is 27.7 Å². The van der Waals surface area contributed by atoms with Gasteiger partial charge in [-0.15, -0.1) is 5.10 Å². The van der Waals surface area contributed by atoms with Gasteiger partial charge in [-0.05, 0) is 29.7 Å². The zero-order chi connectivity index (χ0) is 13.4. The van der Waals surface area contributed by atoms with Gasteiger partial charge in [0.15, 0.2) is 11.5 Å². The van der Waals surface area contributed by atoms with Crippen LogP contribution in [0.15, 0.2) is 23.1 Å². The standard InChI is InChI=1S/C12H6Cl2N2O2S/c13-9-2-1-8-11(17)6(3-7-5-19-16-15-7)4-18-12(8)10(9)14/h1-3,5H,4H2/b6-3-. The molecule has 1 aliphatic rings. The molecule has 2 heterocycles. The van der Waals surface area contributed by atoms with Crippen LogP contribution in [0.5, 0.6) is 5.75 Å². The van der Waals surface area contributed by atoms with Crippen LogP contribution in [-0.4, -0.2) is 22.0 Å². The van der Waals surface area contributed by atoms with Crippen LogP contribution >= 0.6 is 34.7 Å². The van der Waals surface area contributed by atoms with Crippen molar-refractivity contribution in [2.45, 2.75) is 0 Å². The van der Waals surface area contributed by atoms with E-state index in [1.807, 2.05) is 0 Å². The van der Waals surface area contributed by atoms with E-state index in [1.165, 1.54) is 11.5 Å². The van der Waals surface area contributed by atoms with Crippen LogP contribution in [0.3, 0.4) is 0 Å². The molecule has 0 unspecified atom stereocenters. The topological polar surface area (TPSA) is 52.1 Å². The Balaban J connectivity index is 2.04. The molecule has 1 aliphatic heterocycles. The highest BCUT2D eigenvalue weighted by Crippen LogP contribution is 2.38. The molecule has 0 atom stereocenters. The number of hydrogen-bond donors (Lipinski definition) is 0. The Kier molecular flexibility index (Phi) is 3.26. The van der Waals surface area contributed by atoms with Gasteiger partial charge in [-0.2, -0.15) is 0 Å². The minimum Gasteiger partial charge on any atom is -0.486 e. The minimum atomic E-state index is -0.132. The van der Waals surface area contributed by atoms with E-state index in [9.17, 15) is 4.79 Å². The summed E-state index contributed by atoms with van der Waals surface area (Å²) >= 11 is 13.1. The summed E-state index contributed by atoms with van der Waals surface area (Å²) in [5, 5.41) is 6.25. The quantitative estimate of drug-likeness (QED) is 0.756. The molecular formula is C12H6Cl2N2O2S. The first-order chi connectivity index (χ1) is 9.16. The van der Waals surface area contributed by atoms with Gasteiger partial charge in [0.1, 0.15) is 11.6 Å². The third-order valence-electron chi connectivity index (χ3n) is 2.66. The summed E-state index contributed by atoms with van der Waals surface area (Å²) in [7, 11) is 0. The minimum absolute atomic E-state index is 0.132. The first-order valence-electron chi connectivity index (χ1n) is 5.30. The lowest BCUT2D eigenvalue weighted by atomic mass is 10.00. The molecule has 3 rings (SSSR count). The van der Waals surface area contributed by atoms with Crippen molar-refractivity contribution in [3.8, 4) is 5.75 Å². The Hall–Kier alpha value is -1.43. The lowest BCUT2D eigenvalue weighted by molar-refractivity contribution is 0.100. The fraction of sp³-hybridized carbons (Fsp3) is 0.0833. The molecule has 0 aliphatic carbocycles. The van der Waals surface area contributed by atoms with E-state index in [0.29, 0.717) is 27.6 Å². The fourth-order valence-corrected chi connectivity index (χ4v) is 2.54. The summed E-state index contributed by atoms with van der Waals surface area (Å²) in [4.78, 5) is 12.3. The molecule has 96 valence electrons. The number of Topliss-reactive ketones (excluding diaryl/α,β-unsaturated/α-hetero) is 1. The van der Waals surface area contributed by atoms with Gasteiger partial charge in [0, 0.05) is 11.0 Å². The molecule has 0 amide bonds.